The molecule has 0 atom stereocenters. The van der Waals surface area contributed by atoms with Crippen molar-refractivity contribution in [3.8, 4) is 5.75 Å². The molecular formula is C6H7OS. The van der Waals surface area contributed by atoms with Crippen LogP contribution in [0.1, 0.15) is 11.8 Å². The van der Waals surface area contributed by atoms with Crippen molar-refractivity contribution in [3.63, 3.8) is 0 Å². The van der Waals surface area contributed by atoms with Gasteiger partial charge in [0, 0.05) is 0 Å². The van der Waals surface area contributed by atoms with E-state index in [2.05, 4.69) is 0 Å². The first-order chi connectivity index (χ1) is 3.84. The van der Waals surface area contributed by atoms with Crippen LogP contribution < -0.4 is 0 Å². The zero-order valence-electron chi connectivity index (χ0n) is 4.68. The Morgan fingerprint density at radius 1 is 1.75 bits per heavy atom. The predicted octanol–water partition coefficient (Wildman–Crippen LogP) is 2.45. The molecule has 0 aromatic carbocycles. The Hall–Kier alpha value is -0.500. The zero-order valence-corrected chi connectivity index (χ0v) is 5.49. The Bertz CT molecular complexity index is 169. The van der Waals surface area contributed by atoms with Crippen molar-refractivity contribution in [2.75, 3.05) is 0 Å². The molecule has 0 saturated carbocycles. The van der Waals surface area contributed by atoms with Gasteiger partial charge < -0.3 is 0 Å². The van der Waals surface area contributed by atoms with E-state index in [-0.39, 0.29) is 5.75 Å². The van der Waals surface area contributed by atoms with Crippen molar-refractivity contribution in [3.05, 3.63) is 16.3 Å². The molecule has 1 aromatic rings. The van der Waals surface area contributed by atoms with Crippen LogP contribution in [0.25, 0.3) is 0 Å². The van der Waals surface area contributed by atoms with Gasteiger partial charge >= 0.3 is 0 Å². The molecule has 0 saturated heterocycles. The average molecular weight is 127 g/mol. The van der Waals surface area contributed by atoms with Gasteiger partial charge in [-0.3, -0.25) is 5.11 Å². The maximum Gasteiger partial charge on any atom is 0.192 e. The maximum atomic E-state index is 10.7. The summed E-state index contributed by atoms with van der Waals surface area (Å²) >= 11 is 1.54. The molecule has 0 N–H and O–H groups in total. The minimum Gasteiger partial charge on any atom is -0.289 e. The highest BCUT2D eigenvalue weighted by molar-refractivity contribution is 7.10. The number of thiophene rings is 1. The van der Waals surface area contributed by atoms with Gasteiger partial charge in [-0.25, -0.2) is 0 Å². The molecular weight excluding hydrogens is 120 g/mol. The molecule has 0 aliphatic rings. The number of hydrogen-bond acceptors (Lipinski definition) is 1. The summed E-state index contributed by atoms with van der Waals surface area (Å²) in [5.41, 5.74) is 0. The van der Waals surface area contributed by atoms with Crippen LogP contribution in [0.2, 0.25) is 0 Å². The second-order valence-electron chi connectivity index (χ2n) is 1.56. The van der Waals surface area contributed by atoms with Gasteiger partial charge in [0.15, 0.2) is 5.75 Å². The fraction of sp³-hybridized carbons (Fsp3) is 0.333. The summed E-state index contributed by atoms with van der Waals surface area (Å²) in [5.74, 6) is 0.192. The molecule has 1 radical (unpaired) electrons. The SMILES string of the molecule is CCc1sccc1[O]. The van der Waals surface area contributed by atoms with Crippen molar-refractivity contribution < 1.29 is 5.11 Å². The van der Waals surface area contributed by atoms with Crippen LogP contribution in [0.5, 0.6) is 5.75 Å². The summed E-state index contributed by atoms with van der Waals surface area (Å²) in [4.78, 5) is 0.963. The van der Waals surface area contributed by atoms with Crippen molar-refractivity contribution in [1.82, 2.24) is 0 Å². The molecule has 1 nitrogen and oxygen atoms in total. The Morgan fingerprint density at radius 3 is 2.75 bits per heavy atom. The van der Waals surface area contributed by atoms with Gasteiger partial charge in [0.25, 0.3) is 0 Å². The highest BCUT2D eigenvalue weighted by atomic mass is 32.1. The molecule has 0 amide bonds. The zero-order chi connectivity index (χ0) is 5.98. The van der Waals surface area contributed by atoms with Gasteiger partial charge in [-0.15, -0.1) is 11.3 Å². The lowest BCUT2D eigenvalue weighted by molar-refractivity contribution is 0.353. The van der Waals surface area contributed by atoms with E-state index in [1.807, 2.05) is 12.3 Å². The third-order valence-corrected chi connectivity index (χ3v) is 2.07. The molecule has 43 valence electrons. The van der Waals surface area contributed by atoms with Gasteiger partial charge in [0.2, 0.25) is 0 Å². The third kappa shape index (κ3) is 0.842. The summed E-state index contributed by atoms with van der Waals surface area (Å²) in [6.45, 7) is 1.99. The van der Waals surface area contributed by atoms with Crippen molar-refractivity contribution in [2.45, 2.75) is 13.3 Å². The van der Waals surface area contributed by atoms with Crippen LogP contribution in [0.4, 0.5) is 0 Å². The smallest absolute Gasteiger partial charge is 0.192 e. The van der Waals surface area contributed by atoms with Crippen molar-refractivity contribution >= 4 is 11.3 Å². The minimum absolute atomic E-state index is 0.192. The van der Waals surface area contributed by atoms with E-state index in [4.69, 9.17) is 0 Å². The fourth-order valence-electron chi connectivity index (χ4n) is 0.587. The van der Waals surface area contributed by atoms with Crippen LogP contribution in [-0.4, -0.2) is 0 Å². The van der Waals surface area contributed by atoms with Gasteiger partial charge in [0.05, 0.1) is 4.88 Å². The first-order valence-corrected chi connectivity index (χ1v) is 3.46. The molecule has 1 rings (SSSR count). The van der Waals surface area contributed by atoms with Gasteiger partial charge in [-0.2, -0.15) is 0 Å². The summed E-state index contributed by atoms with van der Waals surface area (Å²) in [6, 6.07) is 1.61. The molecule has 0 fully saturated rings. The molecule has 0 bridgehead atoms. The van der Waals surface area contributed by atoms with Gasteiger partial charge in [-0.05, 0) is 17.9 Å². The topological polar surface area (TPSA) is 19.9 Å². The molecule has 0 aliphatic carbocycles. The van der Waals surface area contributed by atoms with Crippen molar-refractivity contribution in [2.24, 2.45) is 0 Å². The highest BCUT2D eigenvalue weighted by Gasteiger charge is 1.98. The lowest BCUT2D eigenvalue weighted by Gasteiger charge is -1.82. The monoisotopic (exact) mass is 127 g/mol. The van der Waals surface area contributed by atoms with E-state index in [1.54, 1.807) is 6.07 Å². The molecule has 0 unspecified atom stereocenters. The van der Waals surface area contributed by atoms with Crippen LogP contribution in [0.15, 0.2) is 11.4 Å². The van der Waals surface area contributed by atoms with Crippen LogP contribution in [-0.2, 0) is 11.5 Å². The van der Waals surface area contributed by atoms with Crippen LogP contribution in [0.3, 0.4) is 0 Å². The van der Waals surface area contributed by atoms with Crippen LogP contribution >= 0.6 is 11.3 Å². The van der Waals surface area contributed by atoms with E-state index < -0.39 is 0 Å². The molecule has 0 aliphatic heterocycles. The highest BCUT2D eigenvalue weighted by Crippen LogP contribution is 2.23. The molecule has 1 heterocycles. The van der Waals surface area contributed by atoms with Crippen molar-refractivity contribution in [1.29, 1.82) is 0 Å². The largest absolute Gasteiger partial charge is 0.289 e. The van der Waals surface area contributed by atoms with E-state index in [1.165, 1.54) is 11.3 Å². The number of rotatable bonds is 1. The van der Waals surface area contributed by atoms with E-state index in [9.17, 15) is 5.11 Å². The molecule has 2 heteroatoms. The lowest BCUT2D eigenvalue weighted by Crippen LogP contribution is -1.66. The van der Waals surface area contributed by atoms with Gasteiger partial charge in [0.1, 0.15) is 0 Å². The summed E-state index contributed by atoms with van der Waals surface area (Å²) in [7, 11) is 0. The molecule has 0 spiro atoms. The standard InChI is InChI=1S/C6H7OS/c1-2-6-5(7)3-4-8-6/h3-4H,2H2,1H3. The fourth-order valence-corrected chi connectivity index (χ4v) is 1.29. The lowest BCUT2D eigenvalue weighted by atomic mass is 10.4. The molecule has 1 aromatic heterocycles. The first kappa shape index (κ1) is 5.63. The Kier molecular flexibility index (Phi) is 1.53. The van der Waals surface area contributed by atoms with E-state index in [0.29, 0.717) is 0 Å². The second-order valence-corrected chi connectivity index (χ2v) is 2.56. The number of hydrogen-bond donors (Lipinski definition) is 0. The molecule has 8 heavy (non-hydrogen) atoms. The Balaban J connectivity index is 2.92. The number of aryl methyl sites for hydroxylation is 1. The Morgan fingerprint density at radius 2 is 2.50 bits per heavy atom. The normalized spacial score (nSPS) is 9.62. The van der Waals surface area contributed by atoms with E-state index >= 15 is 0 Å². The van der Waals surface area contributed by atoms with Gasteiger partial charge in [-0.1, -0.05) is 6.92 Å². The third-order valence-electron chi connectivity index (χ3n) is 1.03. The second kappa shape index (κ2) is 2.18. The average Bonchev–Trinajstić information content (AvgIpc) is 2.14. The first-order valence-electron chi connectivity index (χ1n) is 2.58. The quantitative estimate of drug-likeness (QED) is 0.552. The predicted molar refractivity (Wildman–Crippen MR) is 33.8 cm³/mol. The summed E-state index contributed by atoms with van der Waals surface area (Å²) in [6.07, 6.45) is 0.872. The summed E-state index contributed by atoms with van der Waals surface area (Å²) in [5, 5.41) is 12.5. The van der Waals surface area contributed by atoms with E-state index in [0.717, 1.165) is 11.3 Å². The minimum atomic E-state index is 0.192. The summed E-state index contributed by atoms with van der Waals surface area (Å²) < 4.78 is 0. The maximum absolute atomic E-state index is 10.7. The van der Waals surface area contributed by atoms with Crippen LogP contribution in [0, 0.1) is 0 Å². The Labute approximate surface area is 52.6 Å².